The van der Waals surface area contributed by atoms with E-state index in [9.17, 15) is 4.79 Å². The molecule has 0 amide bonds. The zero-order valence-electron chi connectivity index (χ0n) is 10.2. The summed E-state index contributed by atoms with van der Waals surface area (Å²) in [4.78, 5) is 10.8. The standard InChI is InChI=1S/C13H19NO3/c1-9(8-15)14-7-11-3-5-12(6-4-11)10(2)13(16)17/h3-6,9-10,14-15H,7-8H2,1-2H3,(H,16,17). The fourth-order valence-corrected chi connectivity index (χ4v) is 1.42. The Kier molecular flexibility index (Phi) is 5.12. The normalized spacial score (nSPS) is 14.3. The van der Waals surface area contributed by atoms with E-state index in [1.807, 2.05) is 31.2 Å². The Morgan fingerprint density at radius 1 is 1.29 bits per heavy atom. The highest BCUT2D eigenvalue weighted by Gasteiger charge is 2.12. The van der Waals surface area contributed by atoms with Crippen molar-refractivity contribution in [1.82, 2.24) is 5.32 Å². The summed E-state index contributed by atoms with van der Waals surface area (Å²) in [6, 6.07) is 7.55. The first kappa shape index (κ1) is 13.7. The molecule has 1 rings (SSSR count). The smallest absolute Gasteiger partial charge is 0.310 e. The van der Waals surface area contributed by atoms with Crippen LogP contribution >= 0.6 is 0 Å². The molecule has 0 heterocycles. The molecule has 4 heteroatoms. The number of aliphatic hydroxyl groups excluding tert-OH is 1. The van der Waals surface area contributed by atoms with Gasteiger partial charge in [0.2, 0.25) is 0 Å². The molecular formula is C13H19NO3. The third kappa shape index (κ3) is 4.17. The van der Waals surface area contributed by atoms with Crippen molar-refractivity contribution in [3.8, 4) is 0 Å². The molecule has 3 N–H and O–H groups in total. The van der Waals surface area contributed by atoms with Gasteiger partial charge in [0.25, 0.3) is 0 Å². The van der Waals surface area contributed by atoms with E-state index >= 15 is 0 Å². The maximum Gasteiger partial charge on any atom is 0.310 e. The van der Waals surface area contributed by atoms with Gasteiger partial charge in [0.05, 0.1) is 12.5 Å². The molecule has 0 aliphatic rings. The molecule has 94 valence electrons. The Bertz CT molecular complexity index is 361. The quantitative estimate of drug-likeness (QED) is 0.698. The number of benzene rings is 1. The first-order chi connectivity index (χ1) is 8.04. The number of carboxylic acids is 1. The summed E-state index contributed by atoms with van der Waals surface area (Å²) in [5.74, 6) is -1.29. The van der Waals surface area contributed by atoms with Crippen LogP contribution < -0.4 is 5.32 Å². The number of carboxylic acid groups (broad SMARTS) is 1. The largest absolute Gasteiger partial charge is 0.481 e. The van der Waals surface area contributed by atoms with E-state index in [2.05, 4.69) is 5.32 Å². The highest BCUT2D eigenvalue weighted by molar-refractivity contribution is 5.75. The molecule has 0 bridgehead atoms. The second-order valence-corrected chi connectivity index (χ2v) is 4.27. The minimum Gasteiger partial charge on any atom is -0.481 e. The number of hydrogen-bond acceptors (Lipinski definition) is 3. The van der Waals surface area contributed by atoms with Gasteiger partial charge >= 0.3 is 5.97 Å². The van der Waals surface area contributed by atoms with Gasteiger partial charge in [0, 0.05) is 12.6 Å². The van der Waals surface area contributed by atoms with Gasteiger partial charge in [-0.25, -0.2) is 0 Å². The number of aliphatic hydroxyl groups is 1. The predicted octanol–water partition coefficient (Wildman–Crippen LogP) is 1.35. The van der Waals surface area contributed by atoms with Crippen LogP contribution in [-0.2, 0) is 11.3 Å². The molecule has 4 nitrogen and oxygen atoms in total. The summed E-state index contributed by atoms with van der Waals surface area (Å²) < 4.78 is 0. The van der Waals surface area contributed by atoms with E-state index in [1.165, 1.54) is 0 Å². The van der Waals surface area contributed by atoms with Gasteiger partial charge in [0.1, 0.15) is 0 Å². The average molecular weight is 237 g/mol. The van der Waals surface area contributed by atoms with E-state index in [4.69, 9.17) is 10.2 Å². The Morgan fingerprint density at radius 3 is 2.35 bits per heavy atom. The molecule has 0 aliphatic heterocycles. The second kappa shape index (κ2) is 6.37. The van der Waals surface area contributed by atoms with Gasteiger partial charge in [0.15, 0.2) is 0 Å². The molecule has 2 atom stereocenters. The van der Waals surface area contributed by atoms with E-state index < -0.39 is 11.9 Å². The second-order valence-electron chi connectivity index (χ2n) is 4.27. The van der Waals surface area contributed by atoms with Crippen LogP contribution in [0.5, 0.6) is 0 Å². The van der Waals surface area contributed by atoms with Gasteiger partial charge in [-0.3, -0.25) is 4.79 Å². The zero-order valence-corrected chi connectivity index (χ0v) is 10.2. The summed E-state index contributed by atoms with van der Waals surface area (Å²) in [5, 5.41) is 20.9. The number of rotatable bonds is 6. The third-order valence-electron chi connectivity index (χ3n) is 2.78. The minimum atomic E-state index is -0.815. The van der Waals surface area contributed by atoms with Crippen molar-refractivity contribution in [3.63, 3.8) is 0 Å². The van der Waals surface area contributed by atoms with Crippen LogP contribution in [0.1, 0.15) is 30.9 Å². The molecule has 0 radical (unpaired) electrons. The maximum atomic E-state index is 10.8. The lowest BCUT2D eigenvalue weighted by Gasteiger charge is -2.11. The first-order valence-electron chi connectivity index (χ1n) is 5.70. The van der Waals surface area contributed by atoms with Crippen LogP contribution in [0.25, 0.3) is 0 Å². The number of hydrogen-bond donors (Lipinski definition) is 3. The molecule has 0 spiro atoms. The first-order valence-corrected chi connectivity index (χ1v) is 5.70. The van der Waals surface area contributed by atoms with Crippen LogP contribution in [-0.4, -0.2) is 28.8 Å². The van der Waals surface area contributed by atoms with Gasteiger partial charge in [-0.05, 0) is 25.0 Å². The van der Waals surface area contributed by atoms with Crippen LogP contribution in [0.15, 0.2) is 24.3 Å². The van der Waals surface area contributed by atoms with Crippen molar-refractivity contribution in [1.29, 1.82) is 0 Å². The highest BCUT2D eigenvalue weighted by Crippen LogP contribution is 2.15. The Morgan fingerprint density at radius 2 is 1.88 bits per heavy atom. The molecule has 0 saturated heterocycles. The lowest BCUT2D eigenvalue weighted by molar-refractivity contribution is -0.138. The number of carbonyl (C=O) groups is 1. The van der Waals surface area contributed by atoms with Crippen LogP contribution in [0, 0.1) is 0 Å². The summed E-state index contributed by atoms with van der Waals surface area (Å²) >= 11 is 0. The van der Waals surface area contributed by atoms with Crippen molar-refractivity contribution in [2.75, 3.05) is 6.61 Å². The minimum absolute atomic E-state index is 0.0626. The average Bonchev–Trinajstić information content (AvgIpc) is 2.35. The van der Waals surface area contributed by atoms with Gasteiger partial charge in [-0.1, -0.05) is 24.3 Å². The van der Waals surface area contributed by atoms with Crippen LogP contribution in [0.2, 0.25) is 0 Å². The topological polar surface area (TPSA) is 69.6 Å². The Labute approximate surface area is 101 Å². The molecular weight excluding hydrogens is 218 g/mol. The molecule has 0 aliphatic carbocycles. The Balaban J connectivity index is 2.59. The highest BCUT2D eigenvalue weighted by atomic mass is 16.4. The fraction of sp³-hybridized carbons (Fsp3) is 0.462. The van der Waals surface area contributed by atoms with Crippen molar-refractivity contribution in [2.24, 2.45) is 0 Å². The van der Waals surface area contributed by atoms with E-state index in [-0.39, 0.29) is 12.6 Å². The van der Waals surface area contributed by atoms with Crippen molar-refractivity contribution in [3.05, 3.63) is 35.4 Å². The van der Waals surface area contributed by atoms with Gasteiger partial charge in [-0.2, -0.15) is 0 Å². The summed E-state index contributed by atoms with van der Waals surface area (Å²) in [6.07, 6.45) is 0. The predicted molar refractivity (Wildman–Crippen MR) is 65.9 cm³/mol. The molecule has 0 saturated carbocycles. The summed E-state index contributed by atoms with van der Waals surface area (Å²) in [6.45, 7) is 4.35. The van der Waals surface area contributed by atoms with E-state index in [0.29, 0.717) is 6.54 Å². The lowest BCUT2D eigenvalue weighted by atomic mass is 10.00. The van der Waals surface area contributed by atoms with Gasteiger partial charge in [-0.15, -0.1) is 0 Å². The van der Waals surface area contributed by atoms with E-state index in [0.717, 1.165) is 11.1 Å². The Hall–Kier alpha value is -1.39. The molecule has 1 aromatic carbocycles. The fourth-order valence-electron chi connectivity index (χ4n) is 1.42. The molecule has 0 aromatic heterocycles. The number of nitrogens with one attached hydrogen (secondary N) is 1. The monoisotopic (exact) mass is 237 g/mol. The zero-order chi connectivity index (χ0) is 12.8. The van der Waals surface area contributed by atoms with Crippen molar-refractivity contribution < 1.29 is 15.0 Å². The molecule has 0 fully saturated rings. The maximum absolute atomic E-state index is 10.8. The van der Waals surface area contributed by atoms with Crippen molar-refractivity contribution in [2.45, 2.75) is 32.4 Å². The summed E-state index contributed by atoms with van der Waals surface area (Å²) in [7, 11) is 0. The molecule has 17 heavy (non-hydrogen) atoms. The number of aliphatic carboxylic acids is 1. The molecule has 1 aromatic rings. The summed E-state index contributed by atoms with van der Waals surface area (Å²) in [5.41, 5.74) is 1.88. The van der Waals surface area contributed by atoms with Gasteiger partial charge < -0.3 is 15.5 Å². The van der Waals surface area contributed by atoms with Crippen LogP contribution in [0.4, 0.5) is 0 Å². The third-order valence-corrected chi connectivity index (χ3v) is 2.78. The van der Waals surface area contributed by atoms with Crippen LogP contribution in [0.3, 0.4) is 0 Å². The van der Waals surface area contributed by atoms with Crippen molar-refractivity contribution >= 4 is 5.97 Å². The van der Waals surface area contributed by atoms with E-state index in [1.54, 1.807) is 6.92 Å². The molecule has 2 unspecified atom stereocenters. The SMILES string of the molecule is CC(CO)NCc1ccc(C(C)C(=O)O)cc1. The lowest BCUT2D eigenvalue weighted by Crippen LogP contribution is -2.28.